The van der Waals surface area contributed by atoms with Crippen LogP contribution in [0.5, 0.6) is 23.0 Å². The highest BCUT2D eigenvalue weighted by molar-refractivity contribution is 5.53. The zero-order valence-corrected chi connectivity index (χ0v) is 15.9. The summed E-state index contributed by atoms with van der Waals surface area (Å²) in [7, 11) is 0. The summed E-state index contributed by atoms with van der Waals surface area (Å²) < 4.78 is 0. The van der Waals surface area contributed by atoms with E-state index < -0.39 is 0 Å². The van der Waals surface area contributed by atoms with Gasteiger partial charge in [-0.25, -0.2) is 0 Å². The second-order valence-electron chi connectivity index (χ2n) is 6.92. The van der Waals surface area contributed by atoms with E-state index in [4.69, 9.17) is 0 Å². The molecule has 0 saturated heterocycles. The number of benzene rings is 2. The fraction of sp³-hybridized carbons (Fsp3) is 0.455. The van der Waals surface area contributed by atoms with E-state index in [1.54, 1.807) is 24.3 Å². The Hall–Kier alpha value is -2.36. The Morgan fingerprint density at radius 2 is 1.00 bits per heavy atom. The summed E-state index contributed by atoms with van der Waals surface area (Å²) in [6.07, 6.45) is 5.25. The first kappa shape index (κ1) is 20.0. The molecule has 142 valence electrons. The number of phenolic OH excluding ortho intramolecular Hbond substituents is 4. The van der Waals surface area contributed by atoms with Crippen LogP contribution in [0.3, 0.4) is 0 Å². The lowest BCUT2D eigenvalue weighted by atomic mass is 9.81. The van der Waals surface area contributed by atoms with Gasteiger partial charge in [0.2, 0.25) is 0 Å². The summed E-state index contributed by atoms with van der Waals surface area (Å²) in [6, 6.07) is 6.60. The van der Waals surface area contributed by atoms with Gasteiger partial charge in [0.15, 0.2) is 23.0 Å². The van der Waals surface area contributed by atoms with E-state index in [1.165, 1.54) is 0 Å². The van der Waals surface area contributed by atoms with Crippen molar-refractivity contribution in [1.82, 2.24) is 0 Å². The van der Waals surface area contributed by atoms with Crippen molar-refractivity contribution in [3.05, 3.63) is 46.5 Å². The number of rotatable bonds is 8. The van der Waals surface area contributed by atoms with Gasteiger partial charge in [0.1, 0.15) is 0 Å². The molecule has 2 aromatic carbocycles. The number of aryl methyl sites for hydroxylation is 2. The predicted molar refractivity (Wildman–Crippen MR) is 104 cm³/mol. The Labute approximate surface area is 155 Å². The molecule has 0 heterocycles. The second-order valence-corrected chi connectivity index (χ2v) is 6.92. The second kappa shape index (κ2) is 8.84. The topological polar surface area (TPSA) is 80.9 Å². The van der Waals surface area contributed by atoms with E-state index in [0.29, 0.717) is 0 Å². The summed E-state index contributed by atoms with van der Waals surface area (Å²) in [4.78, 5) is 0. The van der Waals surface area contributed by atoms with Crippen molar-refractivity contribution in [2.75, 3.05) is 0 Å². The third-order valence-electron chi connectivity index (χ3n) is 4.84. The lowest BCUT2D eigenvalue weighted by Crippen LogP contribution is -2.08. The molecule has 0 bridgehead atoms. The molecule has 0 unspecified atom stereocenters. The van der Waals surface area contributed by atoms with Crippen LogP contribution in [0.25, 0.3) is 0 Å². The Morgan fingerprint density at radius 3 is 1.35 bits per heavy atom. The highest BCUT2D eigenvalue weighted by atomic mass is 16.3. The molecule has 0 aliphatic carbocycles. The van der Waals surface area contributed by atoms with E-state index in [1.807, 2.05) is 0 Å². The molecule has 4 N–H and O–H groups in total. The van der Waals surface area contributed by atoms with Gasteiger partial charge in [-0.2, -0.15) is 0 Å². The average molecular weight is 358 g/mol. The quantitative estimate of drug-likeness (QED) is 0.480. The Balaban J connectivity index is 2.67. The van der Waals surface area contributed by atoms with E-state index >= 15 is 0 Å². The third kappa shape index (κ3) is 4.24. The highest BCUT2D eigenvalue weighted by Crippen LogP contribution is 2.42. The molecule has 2 aromatic rings. The molecule has 0 fully saturated rings. The minimum absolute atomic E-state index is 0.0129. The van der Waals surface area contributed by atoms with Crippen molar-refractivity contribution in [1.29, 1.82) is 0 Å². The lowest BCUT2D eigenvalue weighted by molar-refractivity contribution is 0.400. The van der Waals surface area contributed by atoms with Gasteiger partial charge in [-0.15, -0.1) is 0 Å². The molecule has 0 aromatic heterocycles. The monoisotopic (exact) mass is 358 g/mol. The Bertz CT molecular complexity index is 691. The molecule has 0 saturated carbocycles. The fourth-order valence-corrected chi connectivity index (χ4v) is 3.66. The van der Waals surface area contributed by atoms with Crippen molar-refractivity contribution in [2.24, 2.45) is 0 Å². The van der Waals surface area contributed by atoms with Crippen molar-refractivity contribution < 1.29 is 20.4 Å². The molecule has 4 nitrogen and oxygen atoms in total. The maximum Gasteiger partial charge on any atom is 0.157 e. The van der Waals surface area contributed by atoms with Crippen molar-refractivity contribution >= 4 is 0 Å². The summed E-state index contributed by atoms with van der Waals surface area (Å²) >= 11 is 0. The number of phenols is 4. The van der Waals surface area contributed by atoms with E-state index in [2.05, 4.69) is 20.8 Å². The maximum absolute atomic E-state index is 10.1. The molecule has 2 rings (SSSR count). The van der Waals surface area contributed by atoms with Crippen molar-refractivity contribution in [3.63, 3.8) is 0 Å². The van der Waals surface area contributed by atoms with Crippen LogP contribution in [0, 0.1) is 0 Å². The fourth-order valence-electron chi connectivity index (χ4n) is 3.66. The molecular weight excluding hydrogens is 328 g/mol. The first-order valence-corrected chi connectivity index (χ1v) is 9.52. The summed E-state index contributed by atoms with van der Waals surface area (Å²) in [5.41, 5.74) is 3.98. The van der Waals surface area contributed by atoms with Gasteiger partial charge in [0.25, 0.3) is 0 Å². The van der Waals surface area contributed by atoms with Crippen LogP contribution < -0.4 is 0 Å². The van der Waals surface area contributed by atoms with Crippen LogP contribution in [0.1, 0.15) is 74.6 Å². The zero-order valence-electron chi connectivity index (χ0n) is 15.9. The van der Waals surface area contributed by atoms with Gasteiger partial charge in [0.05, 0.1) is 0 Å². The van der Waals surface area contributed by atoms with E-state index in [0.717, 1.165) is 60.8 Å². The zero-order chi connectivity index (χ0) is 19.3. The van der Waals surface area contributed by atoms with Crippen molar-refractivity contribution in [2.45, 2.75) is 65.2 Å². The molecule has 0 radical (unpaired) electrons. The molecule has 26 heavy (non-hydrogen) atoms. The Kier molecular flexibility index (Phi) is 6.78. The minimum atomic E-state index is -0.124. The Morgan fingerprint density at radius 1 is 0.615 bits per heavy atom. The first-order valence-electron chi connectivity index (χ1n) is 9.52. The van der Waals surface area contributed by atoms with E-state index in [9.17, 15) is 20.4 Å². The average Bonchev–Trinajstić information content (AvgIpc) is 2.60. The predicted octanol–water partition coefficient (Wildman–Crippen LogP) is 5.35. The molecule has 0 atom stereocenters. The normalized spacial score (nSPS) is 11.2. The summed E-state index contributed by atoms with van der Waals surface area (Å²) in [6.45, 7) is 6.27. The smallest absolute Gasteiger partial charge is 0.157 e. The molecule has 4 heteroatoms. The third-order valence-corrected chi connectivity index (χ3v) is 4.84. The van der Waals surface area contributed by atoms with Gasteiger partial charge < -0.3 is 20.4 Å². The van der Waals surface area contributed by atoms with Crippen LogP contribution >= 0.6 is 0 Å². The van der Waals surface area contributed by atoms with Gasteiger partial charge in [-0.1, -0.05) is 40.0 Å². The molecular formula is C22H30O4. The highest BCUT2D eigenvalue weighted by Gasteiger charge is 2.23. The molecule has 0 amide bonds. The van der Waals surface area contributed by atoms with Crippen LogP contribution in [-0.4, -0.2) is 20.4 Å². The molecule has 0 aliphatic rings. The van der Waals surface area contributed by atoms with Crippen LogP contribution in [0.2, 0.25) is 0 Å². The van der Waals surface area contributed by atoms with Crippen molar-refractivity contribution in [3.8, 4) is 23.0 Å². The van der Waals surface area contributed by atoms with Gasteiger partial charge in [-0.05, 0) is 65.8 Å². The van der Waals surface area contributed by atoms with Gasteiger partial charge in [0, 0.05) is 5.92 Å². The number of aromatic hydroxyl groups is 4. The van der Waals surface area contributed by atoms with Gasteiger partial charge >= 0.3 is 0 Å². The minimum Gasteiger partial charge on any atom is -0.504 e. The standard InChI is InChI=1S/C22H30O4/c1-4-7-14-10-19(23)21(25)12-17(14)16(9-6-3)18-13-22(26)20(24)11-15(18)8-5-2/h10-13,16,23-26H,4-9H2,1-3H3. The maximum atomic E-state index is 10.1. The van der Waals surface area contributed by atoms with Crippen LogP contribution in [0.15, 0.2) is 24.3 Å². The first-order chi connectivity index (χ1) is 12.4. The number of hydrogen-bond donors (Lipinski definition) is 4. The van der Waals surface area contributed by atoms with Crippen LogP contribution in [0.4, 0.5) is 0 Å². The largest absolute Gasteiger partial charge is 0.504 e. The molecule has 0 aliphatic heterocycles. The summed E-state index contributed by atoms with van der Waals surface area (Å²) in [5.74, 6) is -0.465. The summed E-state index contributed by atoms with van der Waals surface area (Å²) in [5, 5.41) is 40.0. The lowest BCUT2D eigenvalue weighted by Gasteiger charge is -2.24. The SMILES string of the molecule is CCCc1cc(O)c(O)cc1C(CCC)c1cc(O)c(O)cc1CCC. The van der Waals surface area contributed by atoms with Crippen LogP contribution in [-0.2, 0) is 12.8 Å². The van der Waals surface area contributed by atoms with E-state index in [-0.39, 0.29) is 28.9 Å². The van der Waals surface area contributed by atoms with Gasteiger partial charge in [-0.3, -0.25) is 0 Å². The number of hydrogen-bond acceptors (Lipinski definition) is 4. The molecule has 0 spiro atoms.